The van der Waals surface area contributed by atoms with Crippen molar-refractivity contribution in [3.8, 4) is 0 Å². The van der Waals surface area contributed by atoms with Gasteiger partial charge in [0.1, 0.15) is 6.04 Å². The van der Waals surface area contributed by atoms with E-state index in [0.717, 1.165) is 24.1 Å². The van der Waals surface area contributed by atoms with Crippen LogP contribution in [0.2, 0.25) is 0 Å². The summed E-state index contributed by atoms with van der Waals surface area (Å²) in [6.45, 7) is 1.30. The minimum Gasteiger partial charge on any atom is -0.480 e. The molecule has 2 aromatic rings. The molecule has 6 nitrogen and oxygen atoms in total. The Morgan fingerprint density at radius 2 is 1.75 bits per heavy atom. The average molecular weight is 380 g/mol. The number of benzene rings is 2. The first-order valence-corrected chi connectivity index (χ1v) is 9.36. The second kappa shape index (κ2) is 8.69. The molecule has 1 unspecified atom stereocenters. The molecule has 1 fully saturated rings. The Hall–Kier alpha value is -3.15. The quantitative estimate of drug-likeness (QED) is 0.801. The summed E-state index contributed by atoms with van der Waals surface area (Å²) in [5.74, 6) is -1.22. The molecule has 3 rings (SSSR count). The topological polar surface area (TPSA) is 77.9 Å². The smallest absolute Gasteiger partial charge is 0.326 e. The molecule has 1 saturated heterocycles. The number of likely N-dealkylation sites (N-methyl/N-ethyl adjacent to an activating group) is 1. The fourth-order valence-electron chi connectivity index (χ4n) is 3.42. The number of carboxylic acids is 1. The Balaban J connectivity index is 1.68. The molecular formula is C22H24N2O4. The lowest BCUT2D eigenvalue weighted by atomic mass is 10.0. The second-order valence-electron chi connectivity index (χ2n) is 7.08. The van der Waals surface area contributed by atoms with Crippen LogP contribution in [0.1, 0.15) is 34.3 Å². The maximum Gasteiger partial charge on any atom is 0.326 e. The number of likely N-dealkylation sites (tertiary alicyclic amines) is 1. The minimum absolute atomic E-state index is 0.157. The molecule has 1 atom stereocenters. The Bertz CT molecular complexity index is 849. The van der Waals surface area contributed by atoms with Gasteiger partial charge in [-0.15, -0.1) is 0 Å². The van der Waals surface area contributed by atoms with Gasteiger partial charge in [0.25, 0.3) is 5.91 Å². The van der Waals surface area contributed by atoms with Crippen LogP contribution < -0.4 is 0 Å². The molecule has 0 radical (unpaired) electrons. The number of amides is 2. The maximum absolute atomic E-state index is 12.8. The first kappa shape index (κ1) is 19.6. The van der Waals surface area contributed by atoms with Crippen LogP contribution in [0.5, 0.6) is 0 Å². The molecular weight excluding hydrogens is 356 g/mol. The molecule has 1 heterocycles. The Labute approximate surface area is 164 Å². The van der Waals surface area contributed by atoms with Gasteiger partial charge in [0.2, 0.25) is 5.91 Å². The van der Waals surface area contributed by atoms with Gasteiger partial charge in [-0.1, -0.05) is 42.5 Å². The summed E-state index contributed by atoms with van der Waals surface area (Å²) >= 11 is 0. The van der Waals surface area contributed by atoms with Crippen molar-refractivity contribution in [3.05, 3.63) is 71.3 Å². The zero-order chi connectivity index (χ0) is 20.1. The average Bonchev–Trinajstić information content (AvgIpc) is 3.10. The van der Waals surface area contributed by atoms with Gasteiger partial charge in [-0.25, -0.2) is 4.79 Å². The van der Waals surface area contributed by atoms with Crippen molar-refractivity contribution in [1.29, 1.82) is 0 Å². The number of aliphatic carboxylic acids is 1. The first-order chi connectivity index (χ1) is 13.5. The van der Waals surface area contributed by atoms with Crippen molar-refractivity contribution in [2.24, 2.45) is 0 Å². The lowest BCUT2D eigenvalue weighted by Gasteiger charge is -2.25. The SMILES string of the molecule is CN(C(=O)c1ccc(CN2CCCC2=O)cc1)C(Cc1ccccc1)C(=O)O. The van der Waals surface area contributed by atoms with Crippen molar-refractivity contribution >= 4 is 17.8 Å². The molecule has 2 aromatic carbocycles. The van der Waals surface area contributed by atoms with E-state index in [1.54, 1.807) is 12.1 Å². The zero-order valence-corrected chi connectivity index (χ0v) is 15.9. The molecule has 6 heteroatoms. The number of rotatable bonds is 7. The van der Waals surface area contributed by atoms with Crippen molar-refractivity contribution < 1.29 is 19.5 Å². The van der Waals surface area contributed by atoms with E-state index in [1.807, 2.05) is 47.4 Å². The standard InChI is InChI=1S/C22H24N2O4/c1-23(19(22(27)28)14-16-6-3-2-4-7-16)21(26)18-11-9-17(10-12-18)15-24-13-5-8-20(24)25/h2-4,6-7,9-12,19H,5,8,13-15H2,1H3,(H,27,28). The largest absolute Gasteiger partial charge is 0.480 e. The maximum atomic E-state index is 12.8. The van der Waals surface area contributed by atoms with Crippen LogP contribution in [0.4, 0.5) is 0 Å². The van der Waals surface area contributed by atoms with Crippen molar-refractivity contribution in [1.82, 2.24) is 9.80 Å². The number of hydrogen-bond donors (Lipinski definition) is 1. The van der Waals surface area contributed by atoms with E-state index < -0.39 is 12.0 Å². The lowest BCUT2D eigenvalue weighted by Crippen LogP contribution is -2.43. The summed E-state index contributed by atoms with van der Waals surface area (Å²) in [5, 5.41) is 9.60. The van der Waals surface area contributed by atoms with Crippen LogP contribution in [0, 0.1) is 0 Å². The Morgan fingerprint density at radius 1 is 1.07 bits per heavy atom. The fourth-order valence-corrected chi connectivity index (χ4v) is 3.42. The highest BCUT2D eigenvalue weighted by molar-refractivity contribution is 5.96. The van der Waals surface area contributed by atoms with E-state index >= 15 is 0 Å². The summed E-state index contributed by atoms with van der Waals surface area (Å²) in [4.78, 5) is 39.3. The number of carboxylic acid groups (broad SMARTS) is 1. The van der Waals surface area contributed by atoms with E-state index in [1.165, 1.54) is 11.9 Å². The highest BCUT2D eigenvalue weighted by atomic mass is 16.4. The van der Waals surface area contributed by atoms with Gasteiger partial charge in [0.15, 0.2) is 0 Å². The Kier molecular flexibility index (Phi) is 6.09. The van der Waals surface area contributed by atoms with Gasteiger partial charge >= 0.3 is 5.97 Å². The molecule has 0 aliphatic carbocycles. The molecule has 28 heavy (non-hydrogen) atoms. The van der Waals surface area contributed by atoms with Crippen molar-refractivity contribution in [3.63, 3.8) is 0 Å². The normalized spacial score (nSPS) is 14.8. The molecule has 1 aliphatic rings. The number of carbonyl (C=O) groups is 3. The number of nitrogens with zero attached hydrogens (tertiary/aromatic N) is 2. The van der Waals surface area contributed by atoms with Gasteiger partial charge in [0, 0.05) is 38.5 Å². The zero-order valence-electron chi connectivity index (χ0n) is 15.9. The number of carbonyl (C=O) groups excluding carboxylic acids is 2. The molecule has 2 amide bonds. The summed E-state index contributed by atoms with van der Waals surface area (Å²) in [7, 11) is 1.51. The summed E-state index contributed by atoms with van der Waals surface area (Å²) in [5.41, 5.74) is 2.24. The van der Waals surface area contributed by atoms with Crippen LogP contribution in [0.15, 0.2) is 54.6 Å². The van der Waals surface area contributed by atoms with Crippen LogP contribution >= 0.6 is 0 Å². The van der Waals surface area contributed by atoms with E-state index in [9.17, 15) is 19.5 Å². The molecule has 1 N–H and O–H groups in total. The number of hydrogen-bond acceptors (Lipinski definition) is 3. The van der Waals surface area contributed by atoms with Crippen LogP contribution in [0.3, 0.4) is 0 Å². The third-order valence-corrected chi connectivity index (χ3v) is 5.09. The van der Waals surface area contributed by atoms with Crippen LogP contribution in [0.25, 0.3) is 0 Å². The molecule has 0 bridgehead atoms. The van der Waals surface area contributed by atoms with Gasteiger partial charge in [-0.3, -0.25) is 9.59 Å². The summed E-state index contributed by atoms with van der Waals surface area (Å²) in [6.07, 6.45) is 1.73. The monoisotopic (exact) mass is 380 g/mol. The third kappa shape index (κ3) is 4.57. The van der Waals surface area contributed by atoms with Gasteiger partial charge in [0.05, 0.1) is 0 Å². The molecule has 0 saturated carbocycles. The van der Waals surface area contributed by atoms with Gasteiger partial charge < -0.3 is 14.9 Å². The van der Waals surface area contributed by atoms with E-state index in [-0.39, 0.29) is 18.2 Å². The van der Waals surface area contributed by atoms with E-state index in [0.29, 0.717) is 18.5 Å². The van der Waals surface area contributed by atoms with Crippen molar-refractivity contribution in [2.75, 3.05) is 13.6 Å². The summed E-state index contributed by atoms with van der Waals surface area (Å²) in [6, 6.07) is 15.3. The molecule has 1 aliphatic heterocycles. The predicted octanol–water partition coefficient (Wildman–Crippen LogP) is 2.58. The Morgan fingerprint density at radius 3 is 2.32 bits per heavy atom. The molecule has 146 valence electrons. The van der Waals surface area contributed by atoms with E-state index in [4.69, 9.17) is 0 Å². The van der Waals surface area contributed by atoms with Crippen LogP contribution in [-0.2, 0) is 22.6 Å². The first-order valence-electron chi connectivity index (χ1n) is 9.36. The van der Waals surface area contributed by atoms with Gasteiger partial charge in [-0.05, 0) is 29.7 Å². The van der Waals surface area contributed by atoms with E-state index in [2.05, 4.69) is 0 Å². The summed E-state index contributed by atoms with van der Waals surface area (Å²) < 4.78 is 0. The fraction of sp³-hybridized carbons (Fsp3) is 0.318. The lowest BCUT2D eigenvalue weighted by molar-refractivity contribution is -0.141. The third-order valence-electron chi connectivity index (χ3n) is 5.09. The molecule has 0 aromatic heterocycles. The van der Waals surface area contributed by atoms with Crippen molar-refractivity contribution in [2.45, 2.75) is 31.8 Å². The second-order valence-corrected chi connectivity index (χ2v) is 7.08. The highest BCUT2D eigenvalue weighted by Crippen LogP contribution is 2.16. The highest BCUT2D eigenvalue weighted by Gasteiger charge is 2.27. The predicted molar refractivity (Wildman–Crippen MR) is 105 cm³/mol. The molecule has 0 spiro atoms. The minimum atomic E-state index is -1.04. The van der Waals surface area contributed by atoms with Gasteiger partial charge in [-0.2, -0.15) is 0 Å². The van der Waals surface area contributed by atoms with Crippen LogP contribution in [-0.4, -0.2) is 52.3 Å².